The Bertz CT molecular complexity index is 598. The molecule has 98 valence electrons. The summed E-state index contributed by atoms with van der Waals surface area (Å²) in [5.41, 5.74) is 1.87. The van der Waals surface area contributed by atoms with Crippen LogP contribution in [0.1, 0.15) is 24.7 Å². The Hall–Kier alpha value is -1.83. The van der Waals surface area contributed by atoms with Crippen molar-refractivity contribution in [1.82, 2.24) is 14.9 Å². The lowest BCUT2D eigenvalue weighted by molar-refractivity contribution is 0.672. The van der Waals surface area contributed by atoms with Gasteiger partial charge in [-0.25, -0.2) is 4.98 Å². The minimum absolute atomic E-state index is 0.338. The molecule has 2 aromatic rings. The Morgan fingerprint density at radius 2 is 2.32 bits per heavy atom. The lowest BCUT2D eigenvalue weighted by Gasteiger charge is -2.13. The topological polar surface area (TPSA) is 53.6 Å². The van der Waals surface area contributed by atoms with Gasteiger partial charge in [0.05, 0.1) is 10.7 Å². The van der Waals surface area contributed by atoms with Crippen molar-refractivity contribution in [2.24, 2.45) is 0 Å². The second-order valence-electron chi connectivity index (χ2n) is 4.16. The lowest BCUT2D eigenvalue weighted by atomic mass is 10.1. The van der Waals surface area contributed by atoms with Crippen LogP contribution in [0.25, 0.3) is 5.69 Å². The largest absolute Gasteiger partial charge is 0.313 e. The zero-order chi connectivity index (χ0) is 13.7. The van der Waals surface area contributed by atoms with Gasteiger partial charge in [0.1, 0.15) is 6.07 Å². The predicted octanol–water partition coefficient (Wildman–Crippen LogP) is 2.90. The van der Waals surface area contributed by atoms with Crippen LogP contribution in [0.4, 0.5) is 0 Å². The van der Waals surface area contributed by atoms with Gasteiger partial charge in [-0.3, -0.25) is 4.57 Å². The summed E-state index contributed by atoms with van der Waals surface area (Å²) in [4.78, 5) is 4.01. The molecule has 1 N–H and O–H groups in total. The molecular formula is C14H15ClN4. The smallest absolute Gasteiger partial charge is 0.217 e. The maximum absolute atomic E-state index is 9.07. The number of nitriles is 1. The van der Waals surface area contributed by atoms with E-state index in [4.69, 9.17) is 16.9 Å². The first-order valence-corrected chi connectivity index (χ1v) is 6.57. The van der Waals surface area contributed by atoms with Gasteiger partial charge in [0.2, 0.25) is 5.82 Å². The van der Waals surface area contributed by atoms with Crippen molar-refractivity contribution in [3.05, 3.63) is 47.0 Å². The molecule has 0 spiro atoms. The Kier molecular flexibility index (Phi) is 4.56. The molecule has 0 aliphatic carbocycles. The van der Waals surface area contributed by atoms with Crippen LogP contribution in [-0.2, 0) is 6.54 Å². The molecule has 0 bridgehead atoms. The molecule has 0 unspecified atom stereocenters. The van der Waals surface area contributed by atoms with E-state index in [-0.39, 0.29) is 0 Å². The molecule has 0 amide bonds. The number of hydrogen-bond acceptors (Lipinski definition) is 3. The van der Waals surface area contributed by atoms with Gasteiger partial charge in [-0.15, -0.1) is 0 Å². The fourth-order valence-electron chi connectivity index (χ4n) is 1.94. The average Bonchev–Trinajstić information content (AvgIpc) is 2.87. The first kappa shape index (κ1) is 13.6. The molecular weight excluding hydrogens is 260 g/mol. The number of rotatable bonds is 5. The van der Waals surface area contributed by atoms with E-state index in [9.17, 15) is 0 Å². The Balaban J connectivity index is 2.41. The molecule has 2 rings (SSSR count). The van der Waals surface area contributed by atoms with Crippen molar-refractivity contribution >= 4 is 11.6 Å². The van der Waals surface area contributed by atoms with E-state index >= 15 is 0 Å². The molecule has 0 fully saturated rings. The normalized spacial score (nSPS) is 10.4. The first-order chi connectivity index (χ1) is 9.27. The van der Waals surface area contributed by atoms with Gasteiger partial charge in [0.15, 0.2) is 0 Å². The van der Waals surface area contributed by atoms with Gasteiger partial charge in [0.25, 0.3) is 0 Å². The summed E-state index contributed by atoms with van der Waals surface area (Å²) in [5.74, 6) is 0.338. The van der Waals surface area contributed by atoms with E-state index in [0.717, 1.165) is 24.2 Å². The second-order valence-corrected chi connectivity index (χ2v) is 4.56. The Labute approximate surface area is 117 Å². The molecule has 0 saturated heterocycles. The van der Waals surface area contributed by atoms with Crippen LogP contribution in [0.5, 0.6) is 0 Å². The van der Waals surface area contributed by atoms with Gasteiger partial charge in [-0.2, -0.15) is 5.26 Å². The lowest BCUT2D eigenvalue weighted by Crippen LogP contribution is -2.16. The van der Waals surface area contributed by atoms with Crippen LogP contribution in [0.3, 0.4) is 0 Å². The molecule has 19 heavy (non-hydrogen) atoms. The molecule has 0 aliphatic rings. The molecule has 1 aromatic heterocycles. The highest BCUT2D eigenvalue weighted by atomic mass is 35.5. The Morgan fingerprint density at radius 3 is 3.05 bits per heavy atom. The van der Waals surface area contributed by atoms with Gasteiger partial charge >= 0.3 is 0 Å². The monoisotopic (exact) mass is 274 g/mol. The van der Waals surface area contributed by atoms with E-state index in [1.54, 1.807) is 17.0 Å². The summed E-state index contributed by atoms with van der Waals surface area (Å²) in [5, 5.41) is 13.0. The molecule has 0 radical (unpaired) electrons. The number of para-hydroxylation sites is 1. The third kappa shape index (κ3) is 2.95. The quantitative estimate of drug-likeness (QED) is 0.853. The number of nitrogens with one attached hydrogen (secondary N) is 1. The number of nitrogens with zero attached hydrogens (tertiary/aromatic N) is 3. The number of hydrogen-bond donors (Lipinski definition) is 1. The molecule has 1 aromatic carbocycles. The average molecular weight is 275 g/mol. The van der Waals surface area contributed by atoms with E-state index < -0.39 is 0 Å². The summed E-state index contributed by atoms with van der Waals surface area (Å²) in [6, 6.07) is 7.81. The van der Waals surface area contributed by atoms with Crippen LogP contribution >= 0.6 is 11.6 Å². The van der Waals surface area contributed by atoms with Gasteiger partial charge in [0, 0.05) is 18.9 Å². The highest BCUT2D eigenvalue weighted by Crippen LogP contribution is 2.25. The van der Waals surface area contributed by atoms with Crippen molar-refractivity contribution in [3.8, 4) is 11.8 Å². The number of benzene rings is 1. The van der Waals surface area contributed by atoms with Crippen molar-refractivity contribution in [2.45, 2.75) is 19.9 Å². The summed E-state index contributed by atoms with van der Waals surface area (Å²) in [6.45, 7) is 3.78. The molecule has 4 nitrogen and oxygen atoms in total. The maximum atomic E-state index is 9.07. The summed E-state index contributed by atoms with van der Waals surface area (Å²) >= 11 is 6.28. The van der Waals surface area contributed by atoms with Gasteiger partial charge in [-0.1, -0.05) is 30.7 Å². The number of aromatic nitrogens is 2. The predicted molar refractivity (Wildman–Crippen MR) is 75.3 cm³/mol. The third-order valence-electron chi connectivity index (χ3n) is 2.79. The highest BCUT2D eigenvalue weighted by molar-refractivity contribution is 6.32. The van der Waals surface area contributed by atoms with Gasteiger partial charge < -0.3 is 5.32 Å². The highest BCUT2D eigenvalue weighted by Gasteiger charge is 2.12. The first-order valence-electron chi connectivity index (χ1n) is 6.19. The third-order valence-corrected chi connectivity index (χ3v) is 3.10. The maximum Gasteiger partial charge on any atom is 0.217 e. The molecule has 5 heteroatoms. The zero-order valence-electron chi connectivity index (χ0n) is 10.7. The van der Waals surface area contributed by atoms with E-state index in [2.05, 4.69) is 23.3 Å². The molecule has 0 aliphatic heterocycles. The van der Waals surface area contributed by atoms with E-state index in [1.807, 2.05) is 18.2 Å². The minimum atomic E-state index is 0.338. The van der Waals surface area contributed by atoms with Crippen LogP contribution in [0, 0.1) is 11.3 Å². The summed E-state index contributed by atoms with van der Waals surface area (Å²) in [7, 11) is 0. The standard InChI is InChI=1S/C14H15ClN4/c1-2-6-17-10-11-4-3-5-12(15)14(11)19-8-7-18-13(19)9-16/h3-5,7-8,17H,2,6,10H2,1H3. The molecule has 1 heterocycles. The second kappa shape index (κ2) is 6.37. The van der Waals surface area contributed by atoms with Crippen LogP contribution < -0.4 is 5.32 Å². The molecule has 0 atom stereocenters. The van der Waals surface area contributed by atoms with Gasteiger partial charge in [-0.05, 0) is 24.6 Å². The van der Waals surface area contributed by atoms with E-state index in [0.29, 0.717) is 17.4 Å². The fraction of sp³-hybridized carbons (Fsp3) is 0.286. The van der Waals surface area contributed by atoms with Crippen molar-refractivity contribution in [3.63, 3.8) is 0 Å². The Morgan fingerprint density at radius 1 is 1.47 bits per heavy atom. The molecule has 0 saturated carbocycles. The van der Waals surface area contributed by atoms with Crippen molar-refractivity contribution in [1.29, 1.82) is 5.26 Å². The van der Waals surface area contributed by atoms with Crippen LogP contribution in [-0.4, -0.2) is 16.1 Å². The van der Waals surface area contributed by atoms with Crippen LogP contribution in [0.2, 0.25) is 5.02 Å². The minimum Gasteiger partial charge on any atom is -0.313 e. The number of imidazole rings is 1. The zero-order valence-corrected chi connectivity index (χ0v) is 11.5. The summed E-state index contributed by atoms with van der Waals surface area (Å²) < 4.78 is 1.73. The SMILES string of the molecule is CCCNCc1cccc(Cl)c1-n1ccnc1C#N. The number of halogens is 1. The van der Waals surface area contributed by atoms with E-state index in [1.165, 1.54) is 0 Å². The summed E-state index contributed by atoms with van der Waals surface area (Å²) in [6.07, 6.45) is 4.43. The van der Waals surface area contributed by atoms with Crippen molar-refractivity contribution < 1.29 is 0 Å². The van der Waals surface area contributed by atoms with Crippen LogP contribution in [0.15, 0.2) is 30.6 Å². The van der Waals surface area contributed by atoms with Crippen molar-refractivity contribution in [2.75, 3.05) is 6.54 Å². The fourth-order valence-corrected chi connectivity index (χ4v) is 2.22.